The van der Waals surface area contributed by atoms with Gasteiger partial charge in [-0.1, -0.05) is 50.4 Å². The van der Waals surface area contributed by atoms with Crippen LogP contribution in [0.5, 0.6) is 0 Å². The van der Waals surface area contributed by atoms with E-state index >= 15 is 0 Å². The second kappa shape index (κ2) is 6.21. The molecule has 0 spiro atoms. The summed E-state index contributed by atoms with van der Waals surface area (Å²) in [7, 11) is 0. The van der Waals surface area contributed by atoms with E-state index in [1.165, 1.54) is 5.56 Å². The molecule has 0 radical (unpaired) electrons. The first-order chi connectivity index (χ1) is 7.17. The SMILES string of the molecule is CCC(CBr)(CBr)Cc1ccncc1Cl. The Kier molecular flexibility index (Phi) is 5.58. The second-order valence-electron chi connectivity index (χ2n) is 3.76. The van der Waals surface area contributed by atoms with E-state index in [1.807, 2.05) is 6.07 Å². The van der Waals surface area contributed by atoms with Gasteiger partial charge in [0.2, 0.25) is 0 Å². The fourth-order valence-corrected chi connectivity index (χ4v) is 3.70. The van der Waals surface area contributed by atoms with Crippen molar-refractivity contribution >= 4 is 43.5 Å². The molecule has 1 nitrogen and oxygen atoms in total. The van der Waals surface area contributed by atoms with Crippen LogP contribution in [0.15, 0.2) is 18.5 Å². The van der Waals surface area contributed by atoms with Crippen molar-refractivity contribution in [3.63, 3.8) is 0 Å². The van der Waals surface area contributed by atoms with Gasteiger partial charge in [0.25, 0.3) is 0 Å². The van der Waals surface area contributed by atoms with Crippen molar-refractivity contribution in [1.82, 2.24) is 4.98 Å². The lowest BCUT2D eigenvalue weighted by Gasteiger charge is -2.28. The molecule has 0 saturated carbocycles. The fraction of sp³-hybridized carbons (Fsp3) is 0.545. The van der Waals surface area contributed by atoms with Crippen LogP contribution in [-0.4, -0.2) is 15.6 Å². The number of hydrogen-bond acceptors (Lipinski definition) is 1. The van der Waals surface area contributed by atoms with Gasteiger partial charge in [-0.25, -0.2) is 0 Å². The Morgan fingerprint density at radius 2 is 2.07 bits per heavy atom. The summed E-state index contributed by atoms with van der Waals surface area (Å²) in [6.45, 7) is 2.21. The molecule has 0 N–H and O–H groups in total. The molecule has 0 atom stereocenters. The number of pyridine rings is 1. The molecule has 84 valence electrons. The zero-order valence-electron chi connectivity index (χ0n) is 8.64. The van der Waals surface area contributed by atoms with E-state index < -0.39 is 0 Å². The van der Waals surface area contributed by atoms with Crippen LogP contribution >= 0.6 is 43.5 Å². The minimum Gasteiger partial charge on any atom is -0.263 e. The smallest absolute Gasteiger partial charge is 0.0621 e. The topological polar surface area (TPSA) is 12.9 Å². The van der Waals surface area contributed by atoms with Crippen LogP contribution in [0.1, 0.15) is 18.9 Å². The quantitative estimate of drug-likeness (QED) is 0.711. The summed E-state index contributed by atoms with van der Waals surface area (Å²) in [6, 6.07) is 2.00. The summed E-state index contributed by atoms with van der Waals surface area (Å²) in [5.74, 6) is 0. The third-order valence-corrected chi connectivity index (χ3v) is 5.46. The van der Waals surface area contributed by atoms with Gasteiger partial charge in [-0.2, -0.15) is 0 Å². The van der Waals surface area contributed by atoms with Crippen LogP contribution in [0.25, 0.3) is 0 Å². The van der Waals surface area contributed by atoms with Crippen LogP contribution in [-0.2, 0) is 6.42 Å². The number of aromatic nitrogens is 1. The molecule has 15 heavy (non-hydrogen) atoms. The van der Waals surface area contributed by atoms with Gasteiger partial charge in [0, 0.05) is 23.1 Å². The number of halogens is 3. The highest BCUT2D eigenvalue weighted by atomic mass is 79.9. The lowest BCUT2D eigenvalue weighted by molar-refractivity contribution is 0.373. The molecule has 1 rings (SSSR count). The van der Waals surface area contributed by atoms with Gasteiger partial charge in [0.15, 0.2) is 0 Å². The normalized spacial score (nSPS) is 11.7. The molecule has 0 aromatic carbocycles. The number of rotatable bonds is 5. The van der Waals surface area contributed by atoms with Crippen LogP contribution in [0, 0.1) is 5.41 Å². The second-order valence-corrected chi connectivity index (χ2v) is 5.29. The summed E-state index contributed by atoms with van der Waals surface area (Å²) >= 11 is 13.3. The number of alkyl halides is 2. The molecule has 0 bridgehead atoms. The lowest BCUT2D eigenvalue weighted by atomic mass is 9.83. The molecule has 1 heterocycles. The third-order valence-electron chi connectivity index (χ3n) is 2.74. The highest BCUT2D eigenvalue weighted by molar-refractivity contribution is 9.09. The van der Waals surface area contributed by atoms with E-state index in [4.69, 9.17) is 11.6 Å². The molecule has 1 aromatic heterocycles. The fourth-order valence-electron chi connectivity index (χ4n) is 1.40. The van der Waals surface area contributed by atoms with Crippen LogP contribution in [0.3, 0.4) is 0 Å². The van der Waals surface area contributed by atoms with Crippen molar-refractivity contribution in [3.05, 3.63) is 29.0 Å². The van der Waals surface area contributed by atoms with Crippen LogP contribution in [0.4, 0.5) is 0 Å². The third kappa shape index (κ3) is 3.43. The first kappa shape index (κ1) is 13.5. The predicted octanol–water partition coefficient (Wildman–Crippen LogP) is 4.46. The molecule has 0 unspecified atom stereocenters. The van der Waals surface area contributed by atoms with E-state index in [0.717, 1.165) is 28.5 Å². The van der Waals surface area contributed by atoms with Crippen molar-refractivity contribution in [2.24, 2.45) is 5.41 Å². The zero-order chi connectivity index (χ0) is 11.3. The summed E-state index contributed by atoms with van der Waals surface area (Å²) in [6.07, 6.45) is 5.59. The van der Waals surface area contributed by atoms with Crippen LogP contribution < -0.4 is 0 Å². The molecule has 0 saturated heterocycles. The first-order valence-electron chi connectivity index (χ1n) is 4.88. The Morgan fingerprint density at radius 3 is 2.53 bits per heavy atom. The van der Waals surface area contributed by atoms with Gasteiger partial charge in [-0.3, -0.25) is 4.98 Å². The first-order valence-corrected chi connectivity index (χ1v) is 7.50. The summed E-state index contributed by atoms with van der Waals surface area (Å²) < 4.78 is 0. The zero-order valence-corrected chi connectivity index (χ0v) is 12.6. The summed E-state index contributed by atoms with van der Waals surface area (Å²) in [5, 5.41) is 2.71. The molecule has 0 amide bonds. The standard InChI is InChI=1S/C11H14Br2ClN/c1-2-11(7-12,8-13)5-9-3-4-15-6-10(9)14/h3-4,6H,2,5,7-8H2,1H3. The van der Waals surface area contributed by atoms with Gasteiger partial charge in [0.05, 0.1) is 5.02 Å². The summed E-state index contributed by atoms with van der Waals surface area (Å²) in [5.41, 5.74) is 1.41. The molecule has 4 heteroatoms. The van der Waals surface area contributed by atoms with Crippen molar-refractivity contribution in [3.8, 4) is 0 Å². The van der Waals surface area contributed by atoms with E-state index in [9.17, 15) is 0 Å². The monoisotopic (exact) mass is 353 g/mol. The maximum atomic E-state index is 6.11. The highest BCUT2D eigenvalue weighted by Crippen LogP contribution is 2.33. The van der Waals surface area contributed by atoms with Gasteiger partial charge in [0.1, 0.15) is 0 Å². The largest absolute Gasteiger partial charge is 0.263 e. The lowest BCUT2D eigenvalue weighted by Crippen LogP contribution is -2.26. The average molecular weight is 356 g/mol. The number of hydrogen-bond donors (Lipinski definition) is 0. The molecule has 0 fully saturated rings. The minimum atomic E-state index is 0.241. The Bertz CT molecular complexity index is 305. The average Bonchev–Trinajstić information content (AvgIpc) is 2.29. The maximum absolute atomic E-state index is 6.11. The van der Waals surface area contributed by atoms with Gasteiger partial charge < -0.3 is 0 Å². The van der Waals surface area contributed by atoms with E-state index in [1.54, 1.807) is 12.4 Å². The van der Waals surface area contributed by atoms with Crippen molar-refractivity contribution in [2.45, 2.75) is 19.8 Å². The predicted molar refractivity (Wildman–Crippen MR) is 73.3 cm³/mol. The van der Waals surface area contributed by atoms with Crippen molar-refractivity contribution < 1.29 is 0 Å². The van der Waals surface area contributed by atoms with Crippen molar-refractivity contribution in [2.75, 3.05) is 10.7 Å². The molecule has 0 aliphatic heterocycles. The van der Waals surface area contributed by atoms with Crippen molar-refractivity contribution in [1.29, 1.82) is 0 Å². The Balaban J connectivity index is 2.88. The van der Waals surface area contributed by atoms with Gasteiger partial charge >= 0.3 is 0 Å². The van der Waals surface area contributed by atoms with Crippen LogP contribution in [0.2, 0.25) is 5.02 Å². The maximum Gasteiger partial charge on any atom is 0.0621 e. The Morgan fingerprint density at radius 1 is 1.40 bits per heavy atom. The highest BCUT2D eigenvalue weighted by Gasteiger charge is 2.26. The van der Waals surface area contributed by atoms with E-state index in [2.05, 4.69) is 43.8 Å². The van der Waals surface area contributed by atoms with E-state index in [-0.39, 0.29) is 5.41 Å². The molecule has 0 aliphatic carbocycles. The number of nitrogens with zero attached hydrogens (tertiary/aromatic N) is 1. The van der Waals surface area contributed by atoms with Gasteiger partial charge in [-0.15, -0.1) is 0 Å². The molecular weight excluding hydrogens is 341 g/mol. The minimum absolute atomic E-state index is 0.241. The Labute approximate surface area is 113 Å². The van der Waals surface area contributed by atoms with E-state index in [0.29, 0.717) is 0 Å². The molecule has 0 aliphatic rings. The Hall–Kier alpha value is 0.400. The summed E-state index contributed by atoms with van der Waals surface area (Å²) in [4.78, 5) is 4.00. The molecular formula is C11H14Br2ClN. The van der Waals surface area contributed by atoms with Gasteiger partial charge in [-0.05, 0) is 29.9 Å². The molecule has 1 aromatic rings.